The summed E-state index contributed by atoms with van der Waals surface area (Å²) < 4.78 is 22.3. The minimum atomic E-state index is -0.424. The third kappa shape index (κ3) is 3.59. The summed E-state index contributed by atoms with van der Waals surface area (Å²) in [6.45, 7) is 3.28. The van der Waals surface area contributed by atoms with Crippen molar-refractivity contribution in [3.63, 3.8) is 0 Å². The SMILES string of the molecule is COc1c(OCc2ccc(Cl)cc2Cl)ccc2c(OC(C)=O)c(C)oc12. The highest BCUT2D eigenvalue weighted by Gasteiger charge is 2.21. The standard InChI is InChI=1S/C19H16Cl2O5/c1-10-17(26-11(2)22)14-6-7-16(19(23-3)18(14)25-10)24-9-12-4-5-13(20)8-15(12)21/h4-8H,9H2,1-3H3. The molecule has 0 aliphatic rings. The first-order valence-corrected chi connectivity index (χ1v) is 8.51. The number of halogens is 2. The molecule has 3 rings (SSSR count). The fourth-order valence-electron chi connectivity index (χ4n) is 2.59. The summed E-state index contributed by atoms with van der Waals surface area (Å²) in [5.74, 6) is 1.32. The maximum atomic E-state index is 11.3. The van der Waals surface area contributed by atoms with E-state index >= 15 is 0 Å². The number of ether oxygens (including phenoxy) is 3. The summed E-state index contributed by atoms with van der Waals surface area (Å²) in [6, 6.07) is 8.68. The lowest BCUT2D eigenvalue weighted by Gasteiger charge is -2.12. The Labute approximate surface area is 160 Å². The Morgan fingerprint density at radius 3 is 2.58 bits per heavy atom. The summed E-state index contributed by atoms with van der Waals surface area (Å²) in [7, 11) is 1.51. The van der Waals surface area contributed by atoms with Crippen LogP contribution in [0.1, 0.15) is 18.2 Å². The predicted octanol–water partition coefficient (Wildman–Crippen LogP) is 5.56. The molecule has 0 saturated carbocycles. The topological polar surface area (TPSA) is 57.9 Å². The molecule has 0 aliphatic carbocycles. The molecule has 136 valence electrons. The summed E-state index contributed by atoms with van der Waals surface area (Å²) in [4.78, 5) is 11.3. The van der Waals surface area contributed by atoms with Gasteiger partial charge >= 0.3 is 5.97 Å². The van der Waals surface area contributed by atoms with E-state index in [-0.39, 0.29) is 6.61 Å². The Morgan fingerprint density at radius 2 is 1.92 bits per heavy atom. The Balaban J connectivity index is 1.95. The monoisotopic (exact) mass is 394 g/mol. The van der Waals surface area contributed by atoms with Gasteiger partial charge < -0.3 is 18.6 Å². The van der Waals surface area contributed by atoms with E-state index in [1.54, 1.807) is 37.3 Å². The van der Waals surface area contributed by atoms with Gasteiger partial charge in [-0.25, -0.2) is 0 Å². The van der Waals surface area contributed by atoms with Crippen molar-refractivity contribution in [3.8, 4) is 17.2 Å². The number of carbonyl (C=O) groups is 1. The lowest BCUT2D eigenvalue weighted by molar-refractivity contribution is -0.131. The third-order valence-corrected chi connectivity index (χ3v) is 4.33. The molecule has 0 bridgehead atoms. The van der Waals surface area contributed by atoms with Crippen LogP contribution < -0.4 is 14.2 Å². The van der Waals surface area contributed by atoms with Crippen LogP contribution in [0.5, 0.6) is 17.2 Å². The van der Waals surface area contributed by atoms with Crippen molar-refractivity contribution < 1.29 is 23.4 Å². The number of benzene rings is 2. The van der Waals surface area contributed by atoms with Gasteiger partial charge in [0.05, 0.1) is 12.5 Å². The van der Waals surface area contributed by atoms with Crippen molar-refractivity contribution in [2.45, 2.75) is 20.5 Å². The maximum Gasteiger partial charge on any atom is 0.308 e. The fraction of sp³-hybridized carbons (Fsp3) is 0.211. The average Bonchev–Trinajstić information content (AvgIpc) is 2.89. The first-order valence-electron chi connectivity index (χ1n) is 7.76. The van der Waals surface area contributed by atoms with E-state index in [1.165, 1.54) is 14.0 Å². The first-order chi connectivity index (χ1) is 12.4. The molecule has 7 heteroatoms. The highest BCUT2D eigenvalue weighted by atomic mass is 35.5. The molecule has 3 aromatic rings. The van der Waals surface area contributed by atoms with Crippen LogP contribution >= 0.6 is 23.2 Å². The van der Waals surface area contributed by atoms with E-state index in [2.05, 4.69) is 0 Å². The molecule has 0 N–H and O–H groups in total. The Kier molecular flexibility index (Phi) is 5.30. The number of aryl methyl sites for hydroxylation is 1. The Hall–Kier alpha value is -2.37. The van der Waals surface area contributed by atoms with E-state index in [9.17, 15) is 4.79 Å². The van der Waals surface area contributed by atoms with E-state index in [4.69, 9.17) is 41.8 Å². The largest absolute Gasteiger partial charge is 0.490 e. The zero-order valence-electron chi connectivity index (χ0n) is 14.4. The van der Waals surface area contributed by atoms with Gasteiger partial charge in [-0.2, -0.15) is 0 Å². The summed E-state index contributed by atoms with van der Waals surface area (Å²) in [5, 5.41) is 1.71. The minimum absolute atomic E-state index is 0.231. The van der Waals surface area contributed by atoms with Crippen LogP contribution in [0.3, 0.4) is 0 Å². The van der Waals surface area contributed by atoms with E-state index in [1.807, 2.05) is 0 Å². The lowest BCUT2D eigenvalue weighted by atomic mass is 10.2. The van der Waals surface area contributed by atoms with E-state index in [0.29, 0.717) is 44.0 Å². The zero-order chi connectivity index (χ0) is 18.8. The zero-order valence-corrected chi connectivity index (χ0v) is 15.9. The number of esters is 1. The molecule has 26 heavy (non-hydrogen) atoms. The number of rotatable bonds is 5. The van der Waals surface area contributed by atoms with Gasteiger partial charge in [-0.3, -0.25) is 4.79 Å². The molecule has 0 amide bonds. The maximum absolute atomic E-state index is 11.3. The second kappa shape index (κ2) is 7.48. The molecule has 0 fully saturated rings. The molecule has 2 aromatic carbocycles. The molecule has 5 nitrogen and oxygen atoms in total. The summed E-state index contributed by atoms with van der Waals surface area (Å²) in [6.07, 6.45) is 0. The number of carbonyl (C=O) groups excluding carboxylic acids is 1. The van der Waals surface area contributed by atoms with Crippen molar-refractivity contribution in [1.29, 1.82) is 0 Å². The van der Waals surface area contributed by atoms with Gasteiger partial charge in [0.25, 0.3) is 0 Å². The number of furan rings is 1. The van der Waals surface area contributed by atoms with Crippen LogP contribution in [0.25, 0.3) is 11.0 Å². The normalized spacial score (nSPS) is 10.8. The molecule has 0 saturated heterocycles. The highest BCUT2D eigenvalue weighted by Crippen LogP contribution is 2.43. The van der Waals surface area contributed by atoms with Crippen molar-refractivity contribution in [2.75, 3.05) is 7.11 Å². The number of hydrogen-bond acceptors (Lipinski definition) is 5. The summed E-state index contributed by atoms with van der Waals surface area (Å²) >= 11 is 12.1. The number of fused-ring (bicyclic) bond motifs is 1. The van der Waals surface area contributed by atoms with Crippen LogP contribution in [0.2, 0.25) is 10.0 Å². The van der Waals surface area contributed by atoms with Crippen molar-refractivity contribution in [2.24, 2.45) is 0 Å². The van der Waals surface area contributed by atoms with Gasteiger partial charge in [0.2, 0.25) is 5.75 Å². The van der Waals surface area contributed by atoms with Crippen molar-refractivity contribution in [3.05, 3.63) is 51.7 Å². The number of hydrogen-bond donors (Lipinski definition) is 0. The van der Waals surface area contributed by atoms with Gasteiger partial charge in [-0.15, -0.1) is 0 Å². The van der Waals surface area contributed by atoms with Crippen molar-refractivity contribution in [1.82, 2.24) is 0 Å². The van der Waals surface area contributed by atoms with Crippen LogP contribution in [-0.4, -0.2) is 13.1 Å². The quantitative estimate of drug-likeness (QED) is 0.530. The Bertz CT molecular complexity index is 978. The van der Waals surface area contributed by atoms with Crippen LogP contribution in [0.15, 0.2) is 34.7 Å². The van der Waals surface area contributed by atoms with Gasteiger partial charge in [-0.1, -0.05) is 29.3 Å². The molecule has 0 unspecified atom stereocenters. The molecule has 1 heterocycles. The van der Waals surface area contributed by atoms with Crippen LogP contribution in [0, 0.1) is 6.92 Å². The highest BCUT2D eigenvalue weighted by molar-refractivity contribution is 6.35. The smallest absolute Gasteiger partial charge is 0.308 e. The molecule has 0 radical (unpaired) electrons. The van der Waals surface area contributed by atoms with Gasteiger partial charge in [0.15, 0.2) is 17.1 Å². The van der Waals surface area contributed by atoms with Gasteiger partial charge in [0, 0.05) is 22.5 Å². The van der Waals surface area contributed by atoms with Crippen LogP contribution in [0.4, 0.5) is 0 Å². The number of methoxy groups -OCH3 is 1. The minimum Gasteiger partial charge on any atom is -0.490 e. The first kappa shape index (κ1) is 18.4. The lowest BCUT2D eigenvalue weighted by Crippen LogP contribution is -2.01. The van der Waals surface area contributed by atoms with Crippen molar-refractivity contribution >= 4 is 40.1 Å². The van der Waals surface area contributed by atoms with E-state index < -0.39 is 5.97 Å². The molecule has 0 aliphatic heterocycles. The molecule has 0 atom stereocenters. The fourth-order valence-corrected chi connectivity index (χ4v) is 3.05. The predicted molar refractivity (Wildman–Crippen MR) is 99.6 cm³/mol. The molecular weight excluding hydrogens is 379 g/mol. The van der Waals surface area contributed by atoms with Gasteiger partial charge in [0.1, 0.15) is 12.4 Å². The van der Waals surface area contributed by atoms with Gasteiger partial charge in [-0.05, 0) is 31.2 Å². The van der Waals surface area contributed by atoms with Crippen LogP contribution in [-0.2, 0) is 11.4 Å². The van der Waals surface area contributed by atoms with E-state index in [0.717, 1.165) is 5.56 Å². The molecule has 1 aromatic heterocycles. The summed E-state index contributed by atoms with van der Waals surface area (Å²) in [5.41, 5.74) is 1.23. The molecular formula is C19H16Cl2O5. The Morgan fingerprint density at radius 1 is 1.15 bits per heavy atom. The average molecular weight is 395 g/mol. The second-order valence-electron chi connectivity index (χ2n) is 5.58. The molecule has 0 spiro atoms. The third-order valence-electron chi connectivity index (χ3n) is 3.74. The second-order valence-corrected chi connectivity index (χ2v) is 6.42.